The third kappa shape index (κ3) is 3.05. The van der Waals surface area contributed by atoms with E-state index in [0.717, 1.165) is 30.5 Å². The van der Waals surface area contributed by atoms with Crippen molar-refractivity contribution in [2.45, 2.75) is 45.6 Å². The van der Waals surface area contributed by atoms with Gasteiger partial charge in [-0.1, -0.05) is 19.8 Å². The van der Waals surface area contributed by atoms with E-state index in [4.69, 9.17) is 5.73 Å². The Morgan fingerprint density at radius 1 is 1.41 bits per heavy atom. The smallest absolute Gasteiger partial charge is 0.254 e. The van der Waals surface area contributed by atoms with Crippen LogP contribution in [0.25, 0.3) is 11.0 Å². The van der Waals surface area contributed by atoms with Crippen LogP contribution in [0, 0.1) is 5.92 Å². The van der Waals surface area contributed by atoms with Gasteiger partial charge in [0, 0.05) is 19.3 Å². The van der Waals surface area contributed by atoms with Gasteiger partial charge in [0.15, 0.2) is 5.65 Å². The summed E-state index contributed by atoms with van der Waals surface area (Å²) in [6.07, 6.45) is 9.09. The molecule has 0 spiro atoms. The Bertz CT molecular complexity index is 674. The van der Waals surface area contributed by atoms with E-state index in [-0.39, 0.29) is 5.91 Å². The maximum atomic E-state index is 12.2. The second-order valence-electron chi connectivity index (χ2n) is 6.05. The number of anilines is 1. The summed E-state index contributed by atoms with van der Waals surface area (Å²) >= 11 is 0. The molecule has 22 heavy (non-hydrogen) atoms. The number of carbonyl (C=O) groups is 1. The molecule has 0 atom stereocenters. The summed E-state index contributed by atoms with van der Waals surface area (Å²) < 4.78 is 1.87. The fraction of sp³-hybridized carbons (Fsp3) is 0.562. The molecule has 1 amide bonds. The quantitative estimate of drug-likeness (QED) is 0.769. The predicted octanol–water partition coefficient (Wildman–Crippen LogP) is 2.34. The average Bonchev–Trinajstić information content (AvgIpc) is 3.26. The summed E-state index contributed by atoms with van der Waals surface area (Å²) in [5, 5.41) is 8.04. The lowest BCUT2D eigenvalue weighted by molar-refractivity contribution is 0.0952. The molecule has 0 aromatic carbocycles. The number of hydrogen-bond donors (Lipinski definition) is 2. The maximum Gasteiger partial charge on any atom is 0.254 e. The number of aromatic nitrogens is 3. The molecule has 1 saturated carbocycles. The molecule has 2 heterocycles. The largest absolute Gasteiger partial charge is 0.397 e. The van der Waals surface area contributed by atoms with Gasteiger partial charge in [0.05, 0.1) is 22.8 Å². The summed E-state index contributed by atoms with van der Waals surface area (Å²) in [5.74, 6) is 0.501. The van der Waals surface area contributed by atoms with Crippen LogP contribution in [0.2, 0.25) is 0 Å². The van der Waals surface area contributed by atoms with Crippen molar-refractivity contribution in [2.75, 3.05) is 12.3 Å². The first-order chi connectivity index (χ1) is 10.7. The number of nitrogens with zero attached hydrogens (tertiary/aromatic N) is 3. The van der Waals surface area contributed by atoms with Crippen molar-refractivity contribution in [1.82, 2.24) is 20.1 Å². The van der Waals surface area contributed by atoms with Crippen LogP contribution in [-0.2, 0) is 6.54 Å². The zero-order chi connectivity index (χ0) is 15.5. The van der Waals surface area contributed by atoms with Crippen LogP contribution < -0.4 is 11.1 Å². The highest BCUT2D eigenvalue weighted by Gasteiger charge is 2.23. The Hall–Kier alpha value is -2.11. The Morgan fingerprint density at radius 2 is 2.23 bits per heavy atom. The molecule has 1 aliphatic rings. The van der Waals surface area contributed by atoms with Gasteiger partial charge >= 0.3 is 0 Å². The van der Waals surface area contributed by atoms with E-state index in [1.54, 1.807) is 12.4 Å². The third-order valence-electron chi connectivity index (χ3n) is 4.17. The van der Waals surface area contributed by atoms with Gasteiger partial charge in [-0.05, 0) is 25.2 Å². The van der Waals surface area contributed by atoms with Crippen molar-refractivity contribution in [3.05, 3.63) is 18.0 Å². The van der Waals surface area contributed by atoms with Crippen LogP contribution in [-0.4, -0.2) is 27.2 Å². The van der Waals surface area contributed by atoms with Crippen molar-refractivity contribution in [2.24, 2.45) is 5.92 Å². The molecule has 3 rings (SSSR count). The van der Waals surface area contributed by atoms with E-state index >= 15 is 0 Å². The topological polar surface area (TPSA) is 85.8 Å². The summed E-state index contributed by atoms with van der Waals surface area (Å²) in [5.41, 5.74) is 7.83. The first-order valence-corrected chi connectivity index (χ1v) is 8.09. The molecule has 0 saturated heterocycles. The van der Waals surface area contributed by atoms with E-state index in [0.29, 0.717) is 17.2 Å². The molecule has 1 aliphatic carbocycles. The first-order valence-electron chi connectivity index (χ1n) is 8.09. The number of nitrogen functional groups attached to an aromatic ring is 1. The SMILES string of the molecule is CCCCCn1ncc2c(N)c(C(=O)NCC3CC3)cnc21. The Labute approximate surface area is 130 Å². The highest BCUT2D eigenvalue weighted by Crippen LogP contribution is 2.28. The number of aryl methyl sites for hydroxylation is 1. The van der Waals surface area contributed by atoms with Gasteiger partial charge in [0.1, 0.15) is 0 Å². The fourth-order valence-electron chi connectivity index (χ4n) is 2.56. The minimum absolute atomic E-state index is 0.141. The molecule has 6 heteroatoms. The van der Waals surface area contributed by atoms with Crippen LogP contribution in [0.5, 0.6) is 0 Å². The Balaban J connectivity index is 1.78. The zero-order valence-electron chi connectivity index (χ0n) is 13.0. The van der Waals surface area contributed by atoms with Gasteiger partial charge in [-0.2, -0.15) is 5.10 Å². The second-order valence-corrected chi connectivity index (χ2v) is 6.05. The molecule has 0 unspecified atom stereocenters. The number of carbonyl (C=O) groups excluding carboxylic acids is 1. The zero-order valence-corrected chi connectivity index (χ0v) is 13.0. The molecule has 0 bridgehead atoms. The second kappa shape index (κ2) is 6.34. The minimum Gasteiger partial charge on any atom is -0.397 e. The monoisotopic (exact) mass is 301 g/mol. The van der Waals surface area contributed by atoms with Gasteiger partial charge in [0.25, 0.3) is 5.91 Å². The number of hydrogen-bond acceptors (Lipinski definition) is 4. The van der Waals surface area contributed by atoms with Crippen molar-refractivity contribution in [3.63, 3.8) is 0 Å². The Kier molecular flexibility index (Phi) is 4.27. The van der Waals surface area contributed by atoms with Gasteiger partial charge in [-0.15, -0.1) is 0 Å². The van der Waals surface area contributed by atoms with Crippen molar-refractivity contribution < 1.29 is 4.79 Å². The molecular weight excluding hydrogens is 278 g/mol. The van der Waals surface area contributed by atoms with E-state index < -0.39 is 0 Å². The van der Waals surface area contributed by atoms with E-state index in [1.165, 1.54) is 25.7 Å². The van der Waals surface area contributed by atoms with Crippen molar-refractivity contribution >= 4 is 22.6 Å². The van der Waals surface area contributed by atoms with Crippen LogP contribution >= 0.6 is 0 Å². The number of nitrogens with two attached hydrogens (primary N) is 1. The molecule has 6 nitrogen and oxygen atoms in total. The predicted molar refractivity (Wildman–Crippen MR) is 86.5 cm³/mol. The van der Waals surface area contributed by atoms with Gasteiger partial charge in [-0.3, -0.25) is 4.79 Å². The fourth-order valence-corrected chi connectivity index (χ4v) is 2.56. The number of amides is 1. The standard InChI is InChI=1S/C16H23N5O/c1-2-3-4-7-21-15-12(10-20-21)14(17)13(9-18-15)16(22)19-8-11-5-6-11/h9-11H,2-8H2,1H3,(H2,17,18)(H,19,22). The number of pyridine rings is 1. The van der Waals surface area contributed by atoms with Crippen molar-refractivity contribution in [1.29, 1.82) is 0 Å². The average molecular weight is 301 g/mol. The minimum atomic E-state index is -0.141. The van der Waals surface area contributed by atoms with Crippen LogP contribution in [0.3, 0.4) is 0 Å². The summed E-state index contributed by atoms with van der Waals surface area (Å²) in [6, 6.07) is 0. The molecular formula is C16H23N5O. The normalized spacial score (nSPS) is 14.4. The summed E-state index contributed by atoms with van der Waals surface area (Å²) in [7, 11) is 0. The molecule has 3 N–H and O–H groups in total. The van der Waals surface area contributed by atoms with Crippen molar-refractivity contribution in [3.8, 4) is 0 Å². The molecule has 118 valence electrons. The summed E-state index contributed by atoms with van der Waals surface area (Å²) in [4.78, 5) is 16.6. The highest BCUT2D eigenvalue weighted by atomic mass is 16.1. The summed E-state index contributed by atoms with van der Waals surface area (Å²) in [6.45, 7) is 3.73. The van der Waals surface area contributed by atoms with Crippen LogP contribution in [0.4, 0.5) is 5.69 Å². The number of fused-ring (bicyclic) bond motifs is 1. The highest BCUT2D eigenvalue weighted by molar-refractivity contribution is 6.05. The van der Waals surface area contributed by atoms with Gasteiger partial charge in [0.2, 0.25) is 0 Å². The van der Waals surface area contributed by atoms with E-state index in [9.17, 15) is 4.79 Å². The molecule has 1 fully saturated rings. The number of nitrogens with one attached hydrogen (secondary N) is 1. The number of rotatable bonds is 7. The van der Waals surface area contributed by atoms with Gasteiger partial charge in [-0.25, -0.2) is 9.67 Å². The molecule has 0 radical (unpaired) electrons. The van der Waals surface area contributed by atoms with E-state index in [1.807, 2.05) is 4.68 Å². The lowest BCUT2D eigenvalue weighted by Crippen LogP contribution is -2.26. The lowest BCUT2D eigenvalue weighted by atomic mass is 10.1. The maximum absolute atomic E-state index is 12.2. The first kappa shape index (κ1) is 14.8. The van der Waals surface area contributed by atoms with Crippen LogP contribution in [0.15, 0.2) is 12.4 Å². The molecule has 2 aromatic rings. The van der Waals surface area contributed by atoms with Gasteiger partial charge < -0.3 is 11.1 Å². The number of unbranched alkanes of at least 4 members (excludes halogenated alkanes) is 2. The molecule has 0 aliphatic heterocycles. The molecule has 2 aromatic heterocycles. The lowest BCUT2D eigenvalue weighted by Gasteiger charge is -2.08. The van der Waals surface area contributed by atoms with E-state index in [2.05, 4.69) is 22.3 Å². The Morgan fingerprint density at radius 3 is 2.95 bits per heavy atom. The third-order valence-corrected chi connectivity index (χ3v) is 4.17. The van der Waals surface area contributed by atoms with Crippen LogP contribution in [0.1, 0.15) is 49.4 Å².